The zero-order valence-corrected chi connectivity index (χ0v) is 11.3. The van der Waals surface area contributed by atoms with Gasteiger partial charge in [0.1, 0.15) is 0 Å². The highest BCUT2D eigenvalue weighted by Gasteiger charge is 2.24. The number of hydrogen-bond donors (Lipinski definition) is 1. The molecule has 1 aromatic rings. The van der Waals surface area contributed by atoms with Crippen LogP contribution in [0.5, 0.6) is 0 Å². The molecule has 3 nitrogen and oxygen atoms in total. The average Bonchev–Trinajstić information content (AvgIpc) is 2.59. The topological polar surface area (TPSA) is 38.1 Å². The van der Waals surface area contributed by atoms with Crippen LogP contribution in [0.3, 0.4) is 0 Å². The van der Waals surface area contributed by atoms with E-state index >= 15 is 0 Å². The van der Waals surface area contributed by atoms with Gasteiger partial charge in [-0.15, -0.1) is 0 Å². The highest BCUT2D eigenvalue weighted by atomic mass is 16.5. The van der Waals surface area contributed by atoms with Gasteiger partial charge in [0.2, 0.25) is 0 Å². The van der Waals surface area contributed by atoms with Crippen molar-refractivity contribution in [3.63, 3.8) is 0 Å². The maximum absolute atomic E-state index is 5.22. The molecule has 1 atom stereocenters. The number of hydrogen-bond acceptors (Lipinski definition) is 3. The second kappa shape index (κ2) is 5.21. The van der Waals surface area contributed by atoms with Crippen LogP contribution in [0.1, 0.15) is 57.4 Å². The van der Waals surface area contributed by atoms with E-state index in [1.165, 1.54) is 32.1 Å². The Morgan fingerprint density at radius 1 is 1.41 bits per heavy atom. The minimum Gasteiger partial charge on any atom is -0.360 e. The summed E-state index contributed by atoms with van der Waals surface area (Å²) in [5.41, 5.74) is 1.49. The summed E-state index contributed by atoms with van der Waals surface area (Å²) in [5, 5.41) is 7.50. The monoisotopic (exact) mass is 236 g/mol. The van der Waals surface area contributed by atoms with E-state index in [9.17, 15) is 0 Å². The third-order valence-corrected chi connectivity index (χ3v) is 3.82. The van der Waals surface area contributed by atoms with Gasteiger partial charge < -0.3 is 9.84 Å². The summed E-state index contributed by atoms with van der Waals surface area (Å²) >= 11 is 0. The fourth-order valence-electron chi connectivity index (χ4n) is 2.61. The fraction of sp³-hybridized carbons (Fsp3) is 0.786. The van der Waals surface area contributed by atoms with E-state index in [4.69, 9.17) is 4.52 Å². The molecule has 1 aliphatic carbocycles. The summed E-state index contributed by atoms with van der Waals surface area (Å²) in [6.07, 6.45) is 6.57. The summed E-state index contributed by atoms with van der Waals surface area (Å²) in [6, 6.07) is 2.65. The van der Waals surface area contributed by atoms with Crippen LogP contribution in [-0.2, 0) is 6.54 Å². The van der Waals surface area contributed by atoms with Crippen LogP contribution < -0.4 is 5.32 Å². The highest BCUT2D eigenvalue weighted by molar-refractivity contribution is 5.02. The van der Waals surface area contributed by atoms with Crippen molar-refractivity contribution in [1.29, 1.82) is 0 Å². The SMILES string of the molecule is Cc1cc(CNC2CCCC(C)(C)CC2)on1. The van der Waals surface area contributed by atoms with Crippen LogP contribution in [0.15, 0.2) is 10.6 Å². The Hall–Kier alpha value is -0.830. The summed E-state index contributed by atoms with van der Waals surface area (Å²) in [5.74, 6) is 0.950. The summed E-state index contributed by atoms with van der Waals surface area (Å²) < 4.78 is 5.22. The number of nitrogens with zero attached hydrogens (tertiary/aromatic N) is 1. The second-order valence-electron chi connectivity index (χ2n) is 6.11. The summed E-state index contributed by atoms with van der Waals surface area (Å²) in [7, 11) is 0. The van der Waals surface area contributed by atoms with E-state index in [0.29, 0.717) is 11.5 Å². The Balaban J connectivity index is 1.79. The molecule has 0 saturated heterocycles. The molecule has 96 valence electrons. The van der Waals surface area contributed by atoms with Gasteiger partial charge in [0.05, 0.1) is 12.2 Å². The minimum atomic E-state index is 0.527. The van der Waals surface area contributed by atoms with Crippen molar-refractivity contribution in [3.05, 3.63) is 17.5 Å². The Kier molecular flexibility index (Phi) is 3.87. The van der Waals surface area contributed by atoms with Crippen LogP contribution in [0.25, 0.3) is 0 Å². The molecule has 1 saturated carbocycles. The van der Waals surface area contributed by atoms with E-state index in [-0.39, 0.29) is 0 Å². The standard InChI is InChI=1S/C14H24N2O/c1-11-9-13(17-16-11)10-15-12-5-4-7-14(2,3)8-6-12/h9,12,15H,4-8,10H2,1-3H3. The van der Waals surface area contributed by atoms with Gasteiger partial charge in [0, 0.05) is 12.1 Å². The van der Waals surface area contributed by atoms with Gasteiger partial charge in [-0.2, -0.15) is 0 Å². The maximum Gasteiger partial charge on any atom is 0.150 e. The molecule has 0 radical (unpaired) electrons. The maximum atomic E-state index is 5.22. The molecule has 3 heteroatoms. The van der Waals surface area contributed by atoms with E-state index < -0.39 is 0 Å². The number of aryl methyl sites for hydroxylation is 1. The quantitative estimate of drug-likeness (QED) is 0.817. The molecule has 0 bridgehead atoms. The van der Waals surface area contributed by atoms with Gasteiger partial charge in [-0.3, -0.25) is 0 Å². The molecule has 0 aliphatic heterocycles. The first-order valence-electron chi connectivity index (χ1n) is 6.71. The Morgan fingerprint density at radius 2 is 2.24 bits per heavy atom. The van der Waals surface area contributed by atoms with Crippen molar-refractivity contribution in [2.24, 2.45) is 5.41 Å². The average molecular weight is 236 g/mol. The normalized spacial score (nSPS) is 24.5. The van der Waals surface area contributed by atoms with Crippen molar-refractivity contribution in [3.8, 4) is 0 Å². The zero-order chi connectivity index (χ0) is 12.3. The van der Waals surface area contributed by atoms with Gasteiger partial charge in [0.15, 0.2) is 5.76 Å². The van der Waals surface area contributed by atoms with Gasteiger partial charge in [-0.05, 0) is 38.0 Å². The molecule has 1 N–H and O–H groups in total. The third-order valence-electron chi connectivity index (χ3n) is 3.82. The predicted molar refractivity (Wildman–Crippen MR) is 68.7 cm³/mol. The van der Waals surface area contributed by atoms with Crippen LogP contribution in [0.2, 0.25) is 0 Å². The highest BCUT2D eigenvalue weighted by Crippen LogP contribution is 2.33. The van der Waals surface area contributed by atoms with Crippen molar-refractivity contribution < 1.29 is 4.52 Å². The molecule has 1 aliphatic rings. The van der Waals surface area contributed by atoms with Crippen LogP contribution in [0, 0.1) is 12.3 Å². The first-order chi connectivity index (χ1) is 8.05. The Morgan fingerprint density at radius 3 is 2.94 bits per heavy atom. The van der Waals surface area contributed by atoms with Crippen LogP contribution in [-0.4, -0.2) is 11.2 Å². The van der Waals surface area contributed by atoms with Gasteiger partial charge >= 0.3 is 0 Å². The second-order valence-corrected chi connectivity index (χ2v) is 6.11. The van der Waals surface area contributed by atoms with Crippen molar-refractivity contribution >= 4 is 0 Å². The fourth-order valence-corrected chi connectivity index (χ4v) is 2.61. The largest absolute Gasteiger partial charge is 0.360 e. The van der Waals surface area contributed by atoms with E-state index in [0.717, 1.165) is 18.0 Å². The minimum absolute atomic E-state index is 0.527. The molecule has 1 heterocycles. The summed E-state index contributed by atoms with van der Waals surface area (Å²) in [6.45, 7) is 7.54. The number of rotatable bonds is 3. The third kappa shape index (κ3) is 3.84. The molecule has 17 heavy (non-hydrogen) atoms. The van der Waals surface area contributed by atoms with Crippen LogP contribution in [0.4, 0.5) is 0 Å². The number of aromatic nitrogens is 1. The Bertz CT molecular complexity index is 357. The van der Waals surface area contributed by atoms with Crippen molar-refractivity contribution in [1.82, 2.24) is 10.5 Å². The lowest BCUT2D eigenvalue weighted by molar-refractivity contribution is 0.307. The lowest BCUT2D eigenvalue weighted by Gasteiger charge is -2.22. The van der Waals surface area contributed by atoms with Crippen molar-refractivity contribution in [2.45, 2.75) is 65.5 Å². The van der Waals surface area contributed by atoms with Gasteiger partial charge in [-0.1, -0.05) is 25.4 Å². The molecule has 0 aromatic carbocycles. The lowest BCUT2D eigenvalue weighted by atomic mass is 9.85. The zero-order valence-electron chi connectivity index (χ0n) is 11.3. The number of nitrogens with one attached hydrogen (secondary N) is 1. The predicted octanol–water partition coefficient (Wildman–Crippen LogP) is 3.43. The van der Waals surface area contributed by atoms with E-state index in [1.54, 1.807) is 0 Å². The molecular formula is C14H24N2O. The molecule has 1 aromatic heterocycles. The smallest absolute Gasteiger partial charge is 0.150 e. The molecule has 0 spiro atoms. The van der Waals surface area contributed by atoms with Crippen molar-refractivity contribution in [2.75, 3.05) is 0 Å². The van der Waals surface area contributed by atoms with Crippen LogP contribution >= 0.6 is 0 Å². The molecule has 2 rings (SSSR count). The Labute approximate surface area is 104 Å². The van der Waals surface area contributed by atoms with E-state index in [1.807, 2.05) is 13.0 Å². The first kappa shape index (κ1) is 12.6. The molecule has 0 amide bonds. The molecule has 1 fully saturated rings. The van der Waals surface area contributed by atoms with E-state index in [2.05, 4.69) is 24.3 Å². The van der Waals surface area contributed by atoms with Gasteiger partial charge in [0.25, 0.3) is 0 Å². The first-order valence-corrected chi connectivity index (χ1v) is 6.71. The molecular weight excluding hydrogens is 212 g/mol. The molecule has 1 unspecified atom stereocenters. The summed E-state index contributed by atoms with van der Waals surface area (Å²) in [4.78, 5) is 0. The lowest BCUT2D eigenvalue weighted by Crippen LogP contribution is -2.28. The van der Waals surface area contributed by atoms with Gasteiger partial charge in [-0.25, -0.2) is 0 Å².